The lowest BCUT2D eigenvalue weighted by Gasteiger charge is -2.09. The molecule has 0 aliphatic carbocycles. The van der Waals surface area contributed by atoms with E-state index in [1.807, 2.05) is 12.1 Å². The lowest BCUT2D eigenvalue weighted by Crippen LogP contribution is -2.12. The van der Waals surface area contributed by atoms with Crippen molar-refractivity contribution in [1.82, 2.24) is 0 Å². The largest absolute Gasteiger partial charge is 0.490 e. The fraction of sp³-hybridized carbons (Fsp3) is 0.176. The average Bonchev–Trinajstić information content (AvgIpc) is 2.53. The minimum Gasteiger partial charge on any atom is -0.490 e. The summed E-state index contributed by atoms with van der Waals surface area (Å²) in [4.78, 5) is 0.193. The van der Waals surface area contributed by atoms with E-state index in [4.69, 9.17) is 4.74 Å². The van der Waals surface area contributed by atoms with Gasteiger partial charge in [0.2, 0.25) is 0 Å². The second kappa shape index (κ2) is 7.13. The third kappa shape index (κ3) is 4.11. The molecule has 0 fully saturated rings. The highest BCUT2D eigenvalue weighted by Gasteiger charge is 2.14. The van der Waals surface area contributed by atoms with Crippen molar-refractivity contribution in [3.05, 3.63) is 66.7 Å². The summed E-state index contributed by atoms with van der Waals surface area (Å²) in [5.74, 6) is 0.603. The van der Waals surface area contributed by atoms with Crippen molar-refractivity contribution in [2.75, 3.05) is 11.3 Å². The van der Waals surface area contributed by atoms with Crippen LogP contribution in [0.2, 0.25) is 0 Å². The summed E-state index contributed by atoms with van der Waals surface area (Å²) in [7, 11) is -3.60. The molecule has 0 bridgehead atoms. The highest BCUT2D eigenvalue weighted by Crippen LogP contribution is 2.19. The third-order valence-corrected chi connectivity index (χ3v) is 4.51. The van der Waals surface area contributed by atoms with Crippen LogP contribution in [0.15, 0.2) is 66.1 Å². The van der Waals surface area contributed by atoms with Crippen LogP contribution in [0.25, 0.3) is 0 Å². The monoisotopic (exact) mass is 317 g/mol. The van der Waals surface area contributed by atoms with E-state index in [-0.39, 0.29) is 4.90 Å². The molecule has 0 aliphatic rings. The molecular formula is C17H19NO3S. The number of aryl methyl sites for hydroxylation is 1. The van der Waals surface area contributed by atoms with Gasteiger partial charge in [0.15, 0.2) is 0 Å². The lowest BCUT2D eigenvalue weighted by atomic mass is 10.2. The first-order chi connectivity index (χ1) is 10.5. The van der Waals surface area contributed by atoms with Crippen molar-refractivity contribution in [2.45, 2.75) is 18.2 Å². The highest BCUT2D eigenvalue weighted by atomic mass is 32.2. The van der Waals surface area contributed by atoms with E-state index in [2.05, 4.69) is 18.2 Å². The molecule has 0 saturated heterocycles. The van der Waals surface area contributed by atoms with Gasteiger partial charge in [-0.25, -0.2) is 8.42 Å². The van der Waals surface area contributed by atoms with Crippen molar-refractivity contribution < 1.29 is 13.2 Å². The van der Waals surface area contributed by atoms with E-state index in [0.29, 0.717) is 18.0 Å². The van der Waals surface area contributed by atoms with Crippen LogP contribution < -0.4 is 9.46 Å². The molecule has 2 aromatic rings. The maximum atomic E-state index is 12.3. The molecule has 5 heteroatoms. The molecular weight excluding hydrogens is 298 g/mol. The number of rotatable bonds is 7. The number of hydrogen-bond acceptors (Lipinski definition) is 3. The van der Waals surface area contributed by atoms with Crippen molar-refractivity contribution >= 4 is 15.7 Å². The molecule has 116 valence electrons. The minimum atomic E-state index is -3.60. The molecule has 2 aromatic carbocycles. The number of anilines is 1. The molecule has 0 heterocycles. The number of benzene rings is 2. The van der Waals surface area contributed by atoms with Crippen molar-refractivity contribution in [2.24, 2.45) is 0 Å². The maximum Gasteiger partial charge on any atom is 0.261 e. The van der Waals surface area contributed by atoms with Crippen LogP contribution >= 0.6 is 0 Å². The van der Waals surface area contributed by atoms with E-state index >= 15 is 0 Å². The minimum absolute atomic E-state index is 0.193. The Hall–Kier alpha value is -2.27. The summed E-state index contributed by atoms with van der Waals surface area (Å²) in [5, 5.41) is 0. The molecule has 2 rings (SSSR count). The van der Waals surface area contributed by atoms with Gasteiger partial charge >= 0.3 is 0 Å². The van der Waals surface area contributed by atoms with Crippen LogP contribution in [0.3, 0.4) is 0 Å². The zero-order valence-electron chi connectivity index (χ0n) is 12.5. The molecule has 0 radical (unpaired) electrons. The molecule has 22 heavy (non-hydrogen) atoms. The second-order valence-electron chi connectivity index (χ2n) is 4.73. The second-order valence-corrected chi connectivity index (χ2v) is 6.41. The topological polar surface area (TPSA) is 55.4 Å². The predicted molar refractivity (Wildman–Crippen MR) is 88.8 cm³/mol. The van der Waals surface area contributed by atoms with Crippen molar-refractivity contribution in [3.8, 4) is 5.75 Å². The van der Waals surface area contributed by atoms with Gasteiger partial charge in [0, 0.05) is 5.69 Å². The van der Waals surface area contributed by atoms with Crippen molar-refractivity contribution in [1.29, 1.82) is 0 Å². The smallest absolute Gasteiger partial charge is 0.261 e. The van der Waals surface area contributed by atoms with Gasteiger partial charge < -0.3 is 4.74 Å². The van der Waals surface area contributed by atoms with Gasteiger partial charge in [-0.1, -0.05) is 31.7 Å². The molecule has 0 atom stereocenters. The van der Waals surface area contributed by atoms with E-state index in [9.17, 15) is 8.42 Å². The van der Waals surface area contributed by atoms with Gasteiger partial charge in [-0.15, -0.1) is 0 Å². The third-order valence-electron chi connectivity index (χ3n) is 3.12. The normalized spacial score (nSPS) is 11.0. The van der Waals surface area contributed by atoms with E-state index in [1.165, 1.54) is 12.1 Å². The summed E-state index contributed by atoms with van der Waals surface area (Å²) >= 11 is 0. The Balaban J connectivity index is 2.13. The van der Waals surface area contributed by atoms with E-state index in [1.54, 1.807) is 30.3 Å². The molecule has 0 unspecified atom stereocenters. The Bertz CT molecular complexity index is 720. The van der Waals surface area contributed by atoms with E-state index in [0.717, 1.165) is 12.0 Å². The summed E-state index contributed by atoms with van der Waals surface area (Å²) in [5.41, 5.74) is 1.70. The lowest BCUT2D eigenvalue weighted by molar-refractivity contribution is 0.363. The standard InChI is InChI=1S/C17H19NO3S/c1-3-13-21-16-9-11-17(12-10-16)22(19,20)18-15-7-5-14(4-2)6-8-15/h3,5-12,18H,1,4,13H2,2H3. The highest BCUT2D eigenvalue weighted by molar-refractivity contribution is 7.92. The summed E-state index contributed by atoms with van der Waals surface area (Å²) in [6.07, 6.45) is 2.55. The van der Waals surface area contributed by atoms with Crippen LogP contribution in [0.1, 0.15) is 12.5 Å². The van der Waals surface area contributed by atoms with Crippen molar-refractivity contribution in [3.63, 3.8) is 0 Å². The van der Waals surface area contributed by atoms with Gasteiger partial charge in [-0.05, 0) is 48.4 Å². The fourth-order valence-electron chi connectivity index (χ4n) is 1.89. The van der Waals surface area contributed by atoms with Gasteiger partial charge in [0.1, 0.15) is 12.4 Å². The Kier molecular flexibility index (Phi) is 5.22. The fourth-order valence-corrected chi connectivity index (χ4v) is 2.95. The molecule has 0 aromatic heterocycles. The average molecular weight is 317 g/mol. The first kappa shape index (κ1) is 16.1. The van der Waals surface area contributed by atoms with Gasteiger partial charge in [0.05, 0.1) is 4.90 Å². The zero-order valence-corrected chi connectivity index (χ0v) is 13.3. The van der Waals surface area contributed by atoms with Crippen LogP contribution in [0.4, 0.5) is 5.69 Å². The number of sulfonamides is 1. The van der Waals surface area contributed by atoms with Gasteiger partial charge in [-0.3, -0.25) is 4.72 Å². The Morgan fingerprint density at radius 2 is 1.73 bits per heavy atom. The Labute approximate surface area is 131 Å². The Morgan fingerprint density at radius 1 is 1.09 bits per heavy atom. The number of hydrogen-bond donors (Lipinski definition) is 1. The first-order valence-corrected chi connectivity index (χ1v) is 8.49. The van der Waals surface area contributed by atoms with Crippen LogP contribution in [-0.4, -0.2) is 15.0 Å². The van der Waals surface area contributed by atoms with Crippen LogP contribution in [0.5, 0.6) is 5.75 Å². The number of ether oxygens (including phenoxy) is 1. The molecule has 0 amide bonds. The van der Waals surface area contributed by atoms with Crippen LogP contribution in [-0.2, 0) is 16.4 Å². The number of nitrogens with one attached hydrogen (secondary N) is 1. The quantitative estimate of drug-likeness (QED) is 0.794. The Morgan fingerprint density at radius 3 is 2.27 bits per heavy atom. The molecule has 0 spiro atoms. The maximum absolute atomic E-state index is 12.3. The molecule has 0 aliphatic heterocycles. The van der Waals surface area contributed by atoms with E-state index < -0.39 is 10.0 Å². The SMILES string of the molecule is C=CCOc1ccc(S(=O)(=O)Nc2ccc(CC)cc2)cc1. The van der Waals surface area contributed by atoms with Gasteiger partial charge in [-0.2, -0.15) is 0 Å². The molecule has 1 N–H and O–H groups in total. The summed E-state index contributed by atoms with van der Waals surface area (Å²) in [6.45, 7) is 5.99. The van der Waals surface area contributed by atoms with Gasteiger partial charge in [0.25, 0.3) is 10.0 Å². The zero-order chi connectivity index (χ0) is 16.0. The first-order valence-electron chi connectivity index (χ1n) is 7.00. The van der Waals surface area contributed by atoms with Crippen LogP contribution in [0, 0.1) is 0 Å². The predicted octanol–water partition coefficient (Wildman–Crippen LogP) is 3.61. The summed E-state index contributed by atoms with van der Waals surface area (Å²) in [6, 6.07) is 13.6. The molecule has 4 nitrogen and oxygen atoms in total. The molecule has 0 saturated carbocycles. The summed E-state index contributed by atoms with van der Waals surface area (Å²) < 4.78 is 32.5.